The Morgan fingerprint density at radius 2 is 1.70 bits per heavy atom. The largest absolute Gasteiger partial charge is 0.322 e. The van der Waals surface area contributed by atoms with Crippen LogP contribution in [0.4, 0.5) is 10.1 Å². The second-order valence-corrected chi connectivity index (χ2v) is 10.3. The van der Waals surface area contributed by atoms with E-state index >= 15 is 0 Å². The number of halogens is 1. The smallest absolute Gasteiger partial charge is 0.271 e. The van der Waals surface area contributed by atoms with Crippen molar-refractivity contribution in [3.05, 3.63) is 132 Å². The molecule has 1 N–H and O–H groups in total. The van der Waals surface area contributed by atoms with E-state index in [1.54, 1.807) is 35.8 Å². The number of amides is 1. The van der Waals surface area contributed by atoms with E-state index in [1.165, 1.54) is 29.0 Å². The molecule has 7 heteroatoms. The van der Waals surface area contributed by atoms with Crippen molar-refractivity contribution >= 4 is 29.0 Å². The van der Waals surface area contributed by atoms with Crippen LogP contribution in [-0.2, 0) is 4.79 Å². The lowest BCUT2D eigenvalue weighted by Crippen LogP contribution is -2.40. The monoisotopic (exact) mass is 511 g/mol. The van der Waals surface area contributed by atoms with Crippen LogP contribution < -0.4 is 20.2 Å². The van der Waals surface area contributed by atoms with E-state index in [0.717, 1.165) is 5.56 Å². The van der Waals surface area contributed by atoms with Gasteiger partial charge in [0.25, 0.3) is 11.5 Å². The van der Waals surface area contributed by atoms with E-state index in [0.29, 0.717) is 37.8 Å². The van der Waals surface area contributed by atoms with Gasteiger partial charge in [-0.1, -0.05) is 79.8 Å². The molecule has 186 valence electrons. The van der Waals surface area contributed by atoms with E-state index in [4.69, 9.17) is 0 Å². The fourth-order valence-electron chi connectivity index (χ4n) is 4.42. The molecular weight excluding hydrogens is 485 g/mol. The summed E-state index contributed by atoms with van der Waals surface area (Å²) in [5, 5.41) is 2.91. The van der Waals surface area contributed by atoms with Gasteiger partial charge in [0.15, 0.2) is 4.80 Å². The van der Waals surface area contributed by atoms with Gasteiger partial charge >= 0.3 is 0 Å². The molecule has 1 amide bonds. The maximum Gasteiger partial charge on any atom is 0.271 e. The summed E-state index contributed by atoms with van der Waals surface area (Å²) in [6.45, 7) is 6.03. The molecule has 1 atom stereocenters. The Morgan fingerprint density at radius 1 is 1.03 bits per heavy atom. The number of hydrogen-bond donors (Lipinski definition) is 1. The molecule has 37 heavy (non-hydrogen) atoms. The highest BCUT2D eigenvalue weighted by Gasteiger charge is 2.32. The predicted molar refractivity (Wildman–Crippen MR) is 146 cm³/mol. The Hall–Kier alpha value is -4.10. The quantitative estimate of drug-likeness (QED) is 0.404. The van der Waals surface area contributed by atoms with Gasteiger partial charge < -0.3 is 5.32 Å². The van der Waals surface area contributed by atoms with Crippen LogP contribution in [0.25, 0.3) is 6.08 Å². The molecular formula is C30H26FN3O2S. The minimum absolute atomic E-state index is 0.247. The van der Waals surface area contributed by atoms with Crippen LogP contribution in [0.3, 0.4) is 0 Å². The third kappa shape index (κ3) is 4.95. The van der Waals surface area contributed by atoms with Crippen LogP contribution in [0.1, 0.15) is 49.4 Å². The SMILES string of the molecule is CC1=C(C(=O)Nc2ccccc2)C(c2ccc(F)cc2)n2c(s/c(=C/c3ccc(C(C)C)cc3)c2=O)=N1. The number of carbonyl (C=O) groups excluding carboxylic acids is 1. The molecule has 5 rings (SSSR count). The van der Waals surface area contributed by atoms with Gasteiger partial charge in [-0.25, -0.2) is 9.38 Å². The van der Waals surface area contributed by atoms with Gasteiger partial charge in [-0.2, -0.15) is 0 Å². The lowest BCUT2D eigenvalue weighted by Gasteiger charge is -2.25. The number of benzene rings is 3. The summed E-state index contributed by atoms with van der Waals surface area (Å²) in [7, 11) is 0. The molecule has 1 aromatic heterocycles. The van der Waals surface area contributed by atoms with Gasteiger partial charge in [-0.3, -0.25) is 14.2 Å². The Balaban J connectivity index is 1.64. The maximum atomic E-state index is 13.8. The minimum Gasteiger partial charge on any atom is -0.322 e. The fraction of sp³-hybridized carbons (Fsp3) is 0.167. The zero-order valence-electron chi connectivity index (χ0n) is 20.7. The summed E-state index contributed by atoms with van der Waals surface area (Å²) in [5.41, 5.74) is 4.00. The van der Waals surface area contributed by atoms with Crippen LogP contribution in [0.15, 0.2) is 99.9 Å². The van der Waals surface area contributed by atoms with Crippen LogP contribution in [0, 0.1) is 5.82 Å². The Labute approximate surface area is 218 Å². The molecule has 4 aromatic rings. The average Bonchev–Trinajstić information content (AvgIpc) is 3.18. The standard InChI is InChI=1S/C30H26FN3O2S/c1-18(2)21-11-9-20(10-12-21)17-25-29(36)34-27(22-13-15-23(31)16-14-22)26(19(3)32-30(34)37-25)28(35)33-24-7-5-4-6-8-24/h4-18,27H,1-3H3,(H,33,35)/b25-17+. The van der Waals surface area contributed by atoms with Crippen LogP contribution >= 0.6 is 11.3 Å². The van der Waals surface area contributed by atoms with Crippen molar-refractivity contribution in [1.29, 1.82) is 0 Å². The highest BCUT2D eigenvalue weighted by Crippen LogP contribution is 2.31. The summed E-state index contributed by atoms with van der Waals surface area (Å²) >= 11 is 1.28. The first-order chi connectivity index (χ1) is 17.8. The van der Waals surface area contributed by atoms with E-state index in [2.05, 4.69) is 36.3 Å². The van der Waals surface area contributed by atoms with Crippen LogP contribution in [0.5, 0.6) is 0 Å². The van der Waals surface area contributed by atoms with Crippen molar-refractivity contribution < 1.29 is 9.18 Å². The van der Waals surface area contributed by atoms with E-state index < -0.39 is 11.9 Å². The minimum atomic E-state index is -0.744. The van der Waals surface area contributed by atoms with Gasteiger partial charge in [0.05, 0.1) is 21.8 Å². The van der Waals surface area contributed by atoms with Crippen molar-refractivity contribution in [2.24, 2.45) is 4.99 Å². The number of para-hydroxylation sites is 1. The fourth-order valence-corrected chi connectivity index (χ4v) is 5.47. The Kier molecular flexibility index (Phi) is 6.72. The second-order valence-electron chi connectivity index (χ2n) is 9.27. The molecule has 5 nitrogen and oxygen atoms in total. The number of nitrogens with zero attached hydrogens (tertiary/aromatic N) is 2. The summed E-state index contributed by atoms with van der Waals surface area (Å²) < 4.78 is 15.8. The zero-order valence-corrected chi connectivity index (χ0v) is 21.6. The van der Waals surface area contributed by atoms with Gasteiger partial charge in [-0.15, -0.1) is 0 Å². The number of anilines is 1. The summed E-state index contributed by atoms with van der Waals surface area (Å²) in [4.78, 5) is 32.4. The predicted octanol–water partition coefficient (Wildman–Crippen LogP) is 5.14. The van der Waals surface area contributed by atoms with Crippen molar-refractivity contribution in [1.82, 2.24) is 4.57 Å². The molecule has 1 unspecified atom stereocenters. The number of carbonyl (C=O) groups is 1. The van der Waals surface area contributed by atoms with Gasteiger partial charge in [0, 0.05) is 5.69 Å². The van der Waals surface area contributed by atoms with Gasteiger partial charge in [-0.05, 0) is 59.9 Å². The number of fused-ring (bicyclic) bond motifs is 1. The van der Waals surface area contributed by atoms with E-state index in [-0.39, 0.29) is 11.5 Å². The second kappa shape index (κ2) is 10.1. The van der Waals surface area contributed by atoms with Crippen LogP contribution in [0.2, 0.25) is 0 Å². The van der Waals surface area contributed by atoms with Crippen LogP contribution in [-0.4, -0.2) is 10.5 Å². The number of nitrogens with one attached hydrogen (secondary N) is 1. The average molecular weight is 512 g/mol. The van der Waals surface area contributed by atoms with Crippen molar-refractivity contribution in [3.63, 3.8) is 0 Å². The highest BCUT2D eigenvalue weighted by molar-refractivity contribution is 7.07. The number of aromatic nitrogens is 1. The van der Waals surface area contributed by atoms with E-state index in [1.807, 2.05) is 36.4 Å². The van der Waals surface area contributed by atoms with Crippen molar-refractivity contribution in [3.8, 4) is 0 Å². The summed E-state index contributed by atoms with van der Waals surface area (Å²) in [6, 6.07) is 22.4. The van der Waals surface area contributed by atoms with E-state index in [9.17, 15) is 14.0 Å². The number of thiazole rings is 1. The topological polar surface area (TPSA) is 63.5 Å². The first-order valence-corrected chi connectivity index (χ1v) is 12.9. The molecule has 3 aromatic carbocycles. The molecule has 0 saturated heterocycles. The molecule has 0 bridgehead atoms. The first kappa shape index (κ1) is 24.6. The number of allylic oxidation sites excluding steroid dienone is 1. The maximum absolute atomic E-state index is 13.8. The van der Waals surface area contributed by atoms with Crippen molar-refractivity contribution in [2.45, 2.75) is 32.7 Å². The Bertz CT molecular complexity index is 1670. The third-order valence-corrected chi connectivity index (χ3v) is 7.37. The Morgan fingerprint density at radius 3 is 2.35 bits per heavy atom. The lowest BCUT2D eigenvalue weighted by molar-refractivity contribution is -0.113. The first-order valence-electron chi connectivity index (χ1n) is 12.1. The number of hydrogen-bond acceptors (Lipinski definition) is 4. The molecule has 0 spiro atoms. The molecule has 0 saturated carbocycles. The highest BCUT2D eigenvalue weighted by atomic mass is 32.1. The zero-order chi connectivity index (χ0) is 26.1. The lowest BCUT2D eigenvalue weighted by atomic mass is 9.95. The number of rotatable bonds is 5. The van der Waals surface area contributed by atoms with Gasteiger partial charge in [0.1, 0.15) is 5.82 Å². The normalized spacial score (nSPS) is 15.5. The molecule has 0 radical (unpaired) electrons. The molecule has 0 fully saturated rings. The third-order valence-electron chi connectivity index (χ3n) is 6.38. The molecule has 1 aliphatic heterocycles. The van der Waals surface area contributed by atoms with Gasteiger partial charge in [0.2, 0.25) is 0 Å². The summed E-state index contributed by atoms with van der Waals surface area (Å²) in [6.07, 6.45) is 1.85. The molecule has 2 heterocycles. The van der Waals surface area contributed by atoms with Crippen molar-refractivity contribution in [2.75, 3.05) is 5.32 Å². The molecule has 1 aliphatic rings. The summed E-state index contributed by atoms with van der Waals surface area (Å²) in [5.74, 6) is -0.337. The molecule has 0 aliphatic carbocycles.